The molecule has 104 valence electrons. The standard InChI is InChI=1S/C18H26S/c1-14(2)5-4-6-15(3)7-8-16-9-10-18-17(13-16)11-12-19-18/h9-15H,4-8H2,1-3H3. The molecule has 2 rings (SSSR count). The third kappa shape index (κ3) is 4.65. The number of thiophene rings is 1. The molecule has 0 amide bonds. The largest absolute Gasteiger partial charge is 0.144 e. The molecule has 0 nitrogen and oxygen atoms in total. The van der Waals surface area contributed by atoms with Crippen LogP contribution in [0.4, 0.5) is 0 Å². The Labute approximate surface area is 121 Å². The van der Waals surface area contributed by atoms with E-state index in [0.29, 0.717) is 0 Å². The van der Waals surface area contributed by atoms with Gasteiger partial charge in [-0.2, -0.15) is 0 Å². The van der Waals surface area contributed by atoms with Crippen LogP contribution in [0.15, 0.2) is 29.6 Å². The van der Waals surface area contributed by atoms with Crippen LogP contribution in [0, 0.1) is 11.8 Å². The van der Waals surface area contributed by atoms with Crippen LogP contribution >= 0.6 is 11.3 Å². The Bertz CT molecular complexity index is 495. The second-order valence-electron chi connectivity index (χ2n) is 6.26. The molecule has 1 aromatic heterocycles. The van der Waals surface area contributed by atoms with Gasteiger partial charge in [0.1, 0.15) is 0 Å². The summed E-state index contributed by atoms with van der Waals surface area (Å²) in [7, 11) is 0. The number of aryl methyl sites for hydroxylation is 1. The highest BCUT2D eigenvalue weighted by atomic mass is 32.1. The van der Waals surface area contributed by atoms with E-state index in [1.807, 2.05) is 11.3 Å². The van der Waals surface area contributed by atoms with Crippen LogP contribution in [0.3, 0.4) is 0 Å². The lowest BCUT2D eigenvalue weighted by molar-refractivity contribution is 0.437. The van der Waals surface area contributed by atoms with Crippen molar-refractivity contribution in [3.8, 4) is 0 Å². The van der Waals surface area contributed by atoms with Crippen LogP contribution in [0.1, 0.15) is 52.0 Å². The first-order valence-corrected chi connectivity index (χ1v) is 8.49. The highest BCUT2D eigenvalue weighted by molar-refractivity contribution is 7.17. The monoisotopic (exact) mass is 274 g/mol. The van der Waals surface area contributed by atoms with E-state index in [1.165, 1.54) is 47.8 Å². The van der Waals surface area contributed by atoms with Gasteiger partial charge in [0.25, 0.3) is 0 Å². The fourth-order valence-corrected chi connectivity index (χ4v) is 3.37. The van der Waals surface area contributed by atoms with Gasteiger partial charge in [-0.3, -0.25) is 0 Å². The van der Waals surface area contributed by atoms with Crippen molar-refractivity contribution < 1.29 is 0 Å². The van der Waals surface area contributed by atoms with Crippen molar-refractivity contribution in [3.63, 3.8) is 0 Å². The quantitative estimate of drug-likeness (QED) is 0.556. The third-order valence-corrected chi connectivity index (χ3v) is 4.82. The molecule has 0 saturated heterocycles. The van der Waals surface area contributed by atoms with Gasteiger partial charge in [-0.05, 0) is 53.1 Å². The highest BCUT2D eigenvalue weighted by Crippen LogP contribution is 2.23. The maximum atomic E-state index is 2.41. The van der Waals surface area contributed by atoms with Crippen LogP contribution in [-0.2, 0) is 6.42 Å². The van der Waals surface area contributed by atoms with E-state index < -0.39 is 0 Å². The zero-order valence-corrected chi connectivity index (χ0v) is 13.3. The molecule has 0 N–H and O–H groups in total. The predicted octanol–water partition coefficient (Wildman–Crippen LogP) is 6.30. The summed E-state index contributed by atoms with van der Waals surface area (Å²) < 4.78 is 1.41. The van der Waals surface area contributed by atoms with Crippen molar-refractivity contribution in [2.45, 2.75) is 52.9 Å². The second kappa shape index (κ2) is 7.09. The van der Waals surface area contributed by atoms with Crippen LogP contribution in [0.2, 0.25) is 0 Å². The molecule has 0 spiro atoms. The zero-order chi connectivity index (χ0) is 13.7. The summed E-state index contributed by atoms with van der Waals surface area (Å²) in [5.74, 6) is 1.71. The van der Waals surface area contributed by atoms with E-state index in [-0.39, 0.29) is 0 Å². The Morgan fingerprint density at radius 1 is 1.00 bits per heavy atom. The Morgan fingerprint density at radius 2 is 1.84 bits per heavy atom. The van der Waals surface area contributed by atoms with E-state index in [4.69, 9.17) is 0 Å². The lowest BCUT2D eigenvalue weighted by atomic mass is 9.94. The average molecular weight is 274 g/mol. The molecular weight excluding hydrogens is 248 g/mol. The van der Waals surface area contributed by atoms with Gasteiger partial charge in [0.2, 0.25) is 0 Å². The van der Waals surface area contributed by atoms with E-state index in [9.17, 15) is 0 Å². The minimum atomic E-state index is 0.855. The van der Waals surface area contributed by atoms with Gasteiger partial charge in [-0.25, -0.2) is 0 Å². The average Bonchev–Trinajstić information content (AvgIpc) is 2.83. The molecule has 0 radical (unpaired) electrons. The summed E-state index contributed by atoms with van der Waals surface area (Å²) in [5.41, 5.74) is 1.50. The van der Waals surface area contributed by atoms with Crippen molar-refractivity contribution in [2.24, 2.45) is 11.8 Å². The summed E-state index contributed by atoms with van der Waals surface area (Å²) in [6.45, 7) is 7.05. The van der Waals surface area contributed by atoms with Gasteiger partial charge < -0.3 is 0 Å². The van der Waals surface area contributed by atoms with Gasteiger partial charge in [0.05, 0.1) is 0 Å². The molecule has 1 atom stereocenters. The molecule has 2 aromatic rings. The van der Waals surface area contributed by atoms with Crippen LogP contribution in [-0.4, -0.2) is 0 Å². The van der Waals surface area contributed by atoms with E-state index in [0.717, 1.165) is 11.8 Å². The van der Waals surface area contributed by atoms with E-state index in [2.05, 4.69) is 50.4 Å². The van der Waals surface area contributed by atoms with Gasteiger partial charge in [-0.1, -0.05) is 52.2 Å². The molecule has 0 aliphatic rings. The normalized spacial score (nSPS) is 13.3. The Morgan fingerprint density at radius 3 is 2.63 bits per heavy atom. The van der Waals surface area contributed by atoms with Crippen molar-refractivity contribution in [1.82, 2.24) is 0 Å². The maximum absolute atomic E-state index is 2.41. The van der Waals surface area contributed by atoms with Crippen molar-refractivity contribution in [1.29, 1.82) is 0 Å². The SMILES string of the molecule is CC(C)CCCC(C)CCc1ccc2sccc2c1. The topological polar surface area (TPSA) is 0 Å². The molecule has 0 aliphatic carbocycles. The van der Waals surface area contributed by atoms with Crippen LogP contribution in [0.25, 0.3) is 10.1 Å². The number of rotatable bonds is 7. The van der Waals surface area contributed by atoms with Crippen LogP contribution in [0.5, 0.6) is 0 Å². The summed E-state index contributed by atoms with van der Waals surface area (Å²) in [6, 6.07) is 9.18. The number of benzene rings is 1. The summed E-state index contributed by atoms with van der Waals surface area (Å²) >= 11 is 1.83. The number of hydrogen-bond acceptors (Lipinski definition) is 1. The molecule has 19 heavy (non-hydrogen) atoms. The van der Waals surface area contributed by atoms with Crippen molar-refractivity contribution >= 4 is 21.4 Å². The first-order valence-electron chi connectivity index (χ1n) is 7.61. The lowest BCUT2D eigenvalue weighted by Crippen LogP contribution is -1.99. The number of hydrogen-bond donors (Lipinski definition) is 0. The van der Waals surface area contributed by atoms with Gasteiger partial charge in [0, 0.05) is 4.70 Å². The van der Waals surface area contributed by atoms with Gasteiger partial charge in [-0.15, -0.1) is 11.3 Å². The van der Waals surface area contributed by atoms with E-state index in [1.54, 1.807) is 0 Å². The van der Waals surface area contributed by atoms with Crippen LogP contribution < -0.4 is 0 Å². The second-order valence-corrected chi connectivity index (χ2v) is 7.21. The third-order valence-electron chi connectivity index (χ3n) is 3.92. The van der Waals surface area contributed by atoms with Gasteiger partial charge in [0.15, 0.2) is 0 Å². The smallest absolute Gasteiger partial charge is 0.0342 e. The Balaban J connectivity index is 1.77. The molecule has 0 aliphatic heterocycles. The van der Waals surface area contributed by atoms with Gasteiger partial charge >= 0.3 is 0 Å². The first kappa shape index (κ1) is 14.6. The Hall–Kier alpha value is -0.820. The molecule has 0 bridgehead atoms. The zero-order valence-electron chi connectivity index (χ0n) is 12.5. The summed E-state index contributed by atoms with van der Waals surface area (Å²) in [5, 5.41) is 3.60. The minimum absolute atomic E-state index is 0.855. The van der Waals surface area contributed by atoms with Crippen molar-refractivity contribution in [2.75, 3.05) is 0 Å². The summed E-state index contributed by atoms with van der Waals surface area (Å²) in [6.07, 6.45) is 6.72. The van der Waals surface area contributed by atoms with Crippen molar-refractivity contribution in [3.05, 3.63) is 35.2 Å². The molecule has 1 heteroatoms. The molecule has 1 aromatic carbocycles. The maximum Gasteiger partial charge on any atom is 0.0342 e. The molecule has 0 fully saturated rings. The minimum Gasteiger partial charge on any atom is -0.144 e. The lowest BCUT2D eigenvalue weighted by Gasteiger charge is -2.12. The number of fused-ring (bicyclic) bond motifs is 1. The molecule has 1 unspecified atom stereocenters. The fraction of sp³-hybridized carbons (Fsp3) is 0.556. The first-order chi connectivity index (χ1) is 9.15. The fourth-order valence-electron chi connectivity index (χ4n) is 2.60. The van der Waals surface area contributed by atoms with E-state index >= 15 is 0 Å². The highest BCUT2D eigenvalue weighted by Gasteiger charge is 2.05. The summed E-state index contributed by atoms with van der Waals surface area (Å²) in [4.78, 5) is 0. The Kier molecular flexibility index (Phi) is 5.45. The molecule has 1 heterocycles. The molecular formula is C18H26S. The predicted molar refractivity (Wildman–Crippen MR) is 88.0 cm³/mol. The molecule has 0 saturated carbocycles.